The molecule has 1 aliphatic rings. The van der Waals surface area contributed by atoms with Crippen LogP contribution in [0, 0.1) is 0 Å². The summed E-state index contributed by atoms with van der Waals surface area (Å²) in [6.45, 7) is 5.75. The fourth-order valence-electron chi connectivity index (χ4n) is 4.62. The Labute approximate surface area is 225 Å². The molecule has 2 atom stereocenters. The molecule has 2 heterocycles. The van der Waals surface area contributed by atoms with E-state index < -0.39 is 35.6 Å². The highest BCUT2D eigenvalue weighted by molar-refractivity contribution is 7.16. The Kier molecular flexibility index (Phi) is 7.91. The average Bonchev–Trinajstić information content (AvgIpc) is 3.15. The van der Waals surface area contributed by atoms with Crippen LogP contribution in [0.3, 0.4) is 0 Å². The van der Waals surface area contributed by atoms with Gasteiger partial charge in [-0.1, -0.05) is 41.7 Å². The number of hydrogen-bond donors (Lipinski definition) is 2. The number of aromatic nitrogens is 1. The van der Waals surface area contributed by atoms with Gasteiger partial charge in [-0.15, -0.1) is 0 Å². The lowest BCUT2D eigenvalue weighted by molar-refractivity contribution is -0.131. The van der Waals surface area contributed by atoms with Crippen LogP contribution in [0.4, 0.5) is 4.79 Å². The number of carbonyl (C=O) groups is 3. The van der Waals surface area contributed by atoms with Gasteiger partial charge in [-0.2, -0.15) is 0 Å². The van der Waals surface area contributed by atoms with Crippen molar-refractivity contribution >= 4 is 39.5 Å². The molecule has 3 aromatic rings. The number of hydrogen-bond acceptors (Lipinski definition) is 6. The fraction of sp³-hybridized carbons (Fsp3) is 0.429. The van der Waals surface area contributed by atoms with Gasteiger partial charge >= 0.3 is 11.0 Å². The minimum atomic E-state index is -0.922. The van der Waals surface area contributed by atoms with Gasteiger partial charge in [0.05, 0.1) is 10.2 Å². The van der Waals surface area contributed by atoms with E-state index in [1.54, 1.807) is 32.4 Å². The molecule has 3 N–H and O–H groups in total. The van der Waals surface area contributed by atoms with Gasteiger partial charge < -0.3 is 20.4 Å². The maximum Gasteiger partial charge on any atom is 0.410 e. The minimum absolute atomic E-state index is 0.00511. The lowest BCUT2D eigenvalue weighted by Crippen LogP contribution is -2.56. The molecule has 0 spiro atoms. The molecule has 9 nitrogen and oxygen atoms in total. The van der Waals surface area contributed by atoms with E-state index in [1.807, 2.05) is 42.5 Å². The number of likely N-dealkylation sites (tertiary alicyclic amines) is 1. The minimum Gasteiger partial charge on any atom is -0.444 e. The Hall–Kier alpha value is -3.66. The van der Waals surface area contributed by atoms with Crippen LogP contribution in [0.2, 0.25) is 0 Å². The van der Waals surface area contributed by atoms with Crippen LogP contribution in [0.15, 0.2) is 47.3 Å². The summed E-state index contributed by atoms with van der Waals surface area (Å²) in [5.74, 6) is -1.06. The Morgan fingerprint density at radius 3 is 2.45 bits per heavy atom. The second kappa shape index (κ2) is 11.0. The van der Waals surface area contributed by atoms with E-state index in [0.29, 0.717) is 13.0 Å². The molecule has 0 saturated carbocycles. The van der Waals surface area contributed by atoms with Crippen molar-refractivity contribution < 1.29 is 19.1 Å². The molecule has 1 fully saturated rings. The molecule has 0 aliphatic carbocycles. The summed E-state index contributed by atoms with van der Waals surface area (Å²) in [4.78, 5) is 51.5. The second-order valence-electron chi connectivity index (χ2n) is 10.7. The Morgan fingerprint density at radius 2 is 1.79 bits per heavy atom. The van der Waals surface area contributed by atoms with E-state index in [0.717, 1.165) is 39.7 Å². The summed E-state index contributed by atoms with van der Waals surface area (Å²) in [6.07, 6.45) is 1.76. The first-order valence-electron chi connectivity index (χ1n) is 12.7. The number of thiazole rings is 1. The predicted molar refractivity (Wildman–Crippen MR) is 148 cm³/mol. The van der Waals surface area contributed by atoms with Crippen molar-refractivity contribution in [3.05, 3.63) is 57.7 Å². The molecular weight excluding hydrogens is 504 g/mol. The Balaban J connectivity index is 1.45. The SMILES string of the molecule is Cn1c(=O)sc2cc(-c3ccc(CC(NC(=O)C4CCCCN4C(=O)OC(C)(C)C)C(N)=O)cc3)ccc21. The van der Waals surface area contributed by atoms with E-state index in [-0.39, 0.29) is 11.3 Å². The molecule has 1 aromatic heterocycles. The maximum atomic E-state index is 13.2. The third kappa shape index (κ3) is 6.24. The van der Waals surface area contributed by atoms with Crippen LogP contribution in [0.25, 0.3) is 21.3 Å². The summed E-state index contributed by atoms with van der Waals surface area (Å²) in [7, 11) is 1.76. The van der Waals surface area contributed by atoms with Crippen LogP contribution < -0.4 is 15.9 Å². The molecular formula is C28H34N4O5S. The van der Waals surface area contributed by atoms with Gasteiger partial charge in [0, 0.05) is 20.0 Å². The molecule has 10 heteroatoms. The van der Waals surface area contributed by atoms with Gasteiger partial charge in [0.15, 0.2) is 0 Å². The molecule has 1 saturated heterocycles. The van der Waals surface area contributed by atoms with Crippen molar-refractivity contribution in [3.8, 4) is 11.1 Å². The predicted octanol–water partition coefficient (Wildman–Crippen LogP) is 3.57. The summed E-state index contributed by atoms with van der Waals surface area (Å²) in [5.41, 5.74) is 8.63. The molecule has 0 bridgehead atoms. The zero-order chi connectivity index (χ0) is 27.6. The second-order valence-corrected chi connectivity index (χ2v) is 11.7. The molecule has 2 unspecified atom stereocenters. The summed E-state index contributed by atoms with van der Waals surface area (Å²) in [5, 5.41) is 2.76. The highest BCUT2D eigenvalue weighted by Gasteiger charge is 2.36. The lowest BCUT2D eigenvalue weighted by Gasteiger charge is -2.36. The molecule has 202 valence electrons. The fourth-order valence-corrected chi connectivity index (χ4v) is 5.54. The van der Waals surface area contributed by atoms with Crippen molar-refractivity contribution in [2.24, 2.45) is 12.8 Å². The molecule has 0 radical (unpaired) electrons. The first-order valence-corrected chi connectivity index (χ1v) is 13.5. The van der Waals surface area contributed by atoms with E-state index in [1.165, 1.54) is 16.2 Å². The third-order valence-corrected chi connectivity index (χ3v) is 7.61. The van der Waals surface area contributed by atoms with Gasteiger partial charge in [0.1, 0.15) is 17.7 Å². The van der Waals surface area contributed by atoms with E-state index >= 15 is 0 Å². The van der Waals surface area contributed by atoms with Crippen molar-refractivity contribution in [3.63, 3.8) is 0 Å². The third-order valence-electron chi connectivity index (χ3n) is 6.61. The molecule has 3 amide bonds. The van der Waals surface area contributed by atoms with Gasteiger partial charge in [0.25, 0.3) is 0 Å². The van der Waals surface area contributed by atoms with Crippen LogP contribution in [-0.4, -0.2) is 51.6 Å². The largest absolute Gasteiger partial charge is 0.444 e. The van der Waals surface area contributed by atoms with E-state index in [2.05, 4.69) is 5.32 Å². The maximum absolute atomic E-state index is 13.2. The summed E-state index contributed by atoms with van der Waals surface area (Å²) >= 11 is 1.21. The van der Waals surface area contributed by atoms with Crippen LogP contribution in [-0.2, 0) is 27.8 Å². The number of piperidine rings is 1. The number of ether oxygens (including phenoxy) is 1. The van der Waals surface area contributed by atoms with Crippen molar-refractivity contribution in [2.45, 2.75) is 64.1 Å². The van der Waals surface area contributed by atoms with Gasteiger partial charge in [-0.25, -0.2) is 4.79 Å². The first kappa shape index (κ1) is 27.4. The number of fused-ring (bicyclic) bond motifs is 1. The summed E-state index contributed by atoms with van der Waals surface area (Å²) < 4.78 is 8.03. The topological polar surface area (TPSA) is 124 Å². The van der Waals surface area contributed by atoms with Gasteiger partial charge in [-0.05, 0) is 68.9 Å². The number of nitrogens with two attached hydrogens (primary N) is 1. The highest BCUT2D eigenvalue weighted by atomic mass is 32.1. The molecule has 38 heavy (non-hydrogen) atoms. The monoisotopic (exact) mass is 538 g/mol. The van der Waals surface area contributed by atoms with Crippen molar-refractivity contribution in [1.82, 2.24) is 14.8 Å². The van der Waals surface area contributed by atoms with Crippen LogP contribution in [0.5, 0.6) is 0 Å². The van der Waals surface area contributed by atoms with E-state index in [4.69, 9.17) is 10.5 Å². The number of benzene rings is 2. The van der Waals surface area contributed by atoms with Gasteiger partial charge in [-0.3, -0.25) is 19.3 Å². The number of aryl methyl sites for hydroxylation is 1. The van der Waals surface area contributed by atoms with E-state index in [9.17, 15) is 19.2 Å². The number of nitrogens with zero attached hydrogens (tertiary/aromatic N) is 2. The van der Waals surface area contributed by atoms with Crippen molar-refractivity contribution in [2.75, 3.05) is 6.54 Å². The highest BCUT2D eigenvalue weighted by Crippen LogP contribution is 2.26. The number of rotatable bonds is 6. The number of amides is 3. The number of nitrogens with one attached hydrogen (secondary N) is 1. The molecule has 2 aromatic carbocycles. The van der Waals surface area contributed by atoms with Gasteiger partial charge in [0.2, 0.25) is 11.8 Å². The number of carbonyl (C=O) groups excluding carboxylic acids is 3. The number of primary amides is 1. The zero-order valence-corrected chi connectivity index (χ0v) is 23.0. The summed E-state index contributed by atoms with van der Waals surface area (Å²) in [6, 6.07) is 11.9. The zero-order valence-electron chi connectivity index (χ0n) is 22.2. The Bertz CT molecular complexity index is 1400. The lowest BCUT2D eigenvalue weighted by atomic mass is 9.99. The molecule has 1 aliphatic heterocycles. The standard InChI is InChI=1S/C28H34N4O5S/c1-28(2,3)37-26(35)32-14-6-5-7-22(32)25(34)30-20(24(29)33)15-17-8-10-18(11-9-17)19-12-13-21-23(16-19)38-27(36)31(21)4/h8-13,16,20,22H,5-7,14-15H2,1-4H3,(H2,29,33)(H,30,34). The first-order chi connectivity index (χ1) is 17.9. The average molecular weight is 539 g/mol. The van der Waals surface area contributed by atoms with Crippen LogP contribution >= 0.6 is 11.3 Å². The Morgan fingerprint density at radius 1 is 1.11 bits per heavy atom. The van der Waals surface area contributed by atoms with Crippen molar-refractivity contribution in [1.29, 1.82) is 0 Å². The van der Waals surface area contributed by atoms with Crippen LogP contribution in [0.1, 0.15) is 45.6 Å². The smallest absolute Gasteiger partial charge is 0.410 e. The quantitative estimate of drug-likeness (QED) is 0.497. The normalized spacial score (nSPS) is 16.7. The molecule has 4 rings (SSSR count).